The molecule has 0 radical (unpaired) electrons. The fourth-order valence-corrected chi connectivity index (χ4v) is 5.92. The van der Waals surface area contributed by atoms with E-state index < -0.39 is 9.84 Å². The van der Waals surface area contributed by atoms with Crippen molar-refractivity contribution < 1.29 is 13.2 Å². The minimum Gasteiger partial charge on any atom is -0.334 e. The van der Waals surface area contributed by atoms with E-state index in [9.17, 15) is 13.2 Å². The lowest BCUT2D eigenvalue weighted by molar-refractivity contribution is -0.136. The van der Waals surface area contributed by atoms with Crippen LogP contribution in [-0.4, -0.2) is 36.8 Å². The molecule has 3 rings (SSSR count). The predicted octanol–water partition coefficient (Wildman–Crippen LogP) is 3.44. The highest BCUT2D eigenvalue weighted by atomic mass is 32.2. The minimum absolute atomic E-state index is 0.0654. The van der Waals surface area contributed by atoms with Gasteiger partial charge >= 0.3 is 0 Å². The third-order valence-corrected chi connectivity index (χ3v) is 7.57. The van der Waals surface area contributed by atoms with E-state index in [0.29, 0.717) is 13.0 Å². The maximum Gasteiger partial charge on any atom is 0.227 e. The lowest BCUT2D eigenvalue weighted by Gasteiger charge is -2.29. The van der Waals surface area contributed by atoms with Crippen LogP contribution in [-0.2, 0) is 21.2 Å². The van der Waals surface area contributed by atoms with Gasteiger partial charge in [0.1, 0.15) is 0 Å². The van der Waals surface area contributed by atoms with Crippen LogP contribution in [0.25, 0.3) is 0 Å². The summed E-state index contributed by atoms with van der Waals surface area (Å²) in [5.41, 5.74) is 2.19. The van der Waals surface area contributed by atoms with Gasteiger partial charge in [0, 0.05) is 12.6 Å². The normalized spacial score (nSPS) is 28.4. The molecule has 4 nitrogen and oxygen atoms in total. The van der Waals surface area contributed by atoms with Crippen LogP contribution in [0, 0.1) is 17.3 Å². The molecule has 26 heavy (non-hydrogen) atoms. The Labute approximate surface area is 157 Å². The van der Waals surface area contributed by atoms with E-state index in [-0.39, 0.29) is 40.7 Å². The molecule has 1 heterocycles. The van der Waals surface area contributed by atoms with E-state index in [1.165, 1.54) is 5.57 Å². The molecule has 142 valence electrons. The summed E-state index contributed by atoms with van der Waals surface area (Å²) in [6.07, 6.45) is 2.73. The van der Waals surface area contributed by atoms with E-state index >= 15 is 0 Å². The van der Waals surface area contributed by atoms with Crippen LogP contribution in [0.4, 0.5) is 0 Å². The number of hydrogen-bond donors (Lipinski definition) is 0. The van der Waals surface area contributed by atoms with Crippen LogP contribution in [0.15, 0.2) is 42.0 Å². The highest BCUT2D eigenvalue weighted by Crippen LogP contribution is 2.60. The van der Waals surface area contributed by atoms with Gasteiger partial charge in [-0.1, -0.05) is 55.8 Å². The summed E-state index contributed by atoms with van der Waals surface area (Å²) >= 11 is 0. The van der Waals surface area contributed by atoms with E-state index in [1.807, 2.05) is 35.2 Å². The number of amides is 1. The number of sulfone groups is 1. The van der Waals surface area contributed by atoms with Crippen molar-refractivity contribution in [2.75, 3.05) is 11.5 Å². The van der Waals surface area contributed by atoms with Crippen molar-refractivity contribution in [3.63, 3.8) is 0 Å². The van der Waals surface area contributed by atoms with Gasteiger partial charge in [0.25, 0.3) is 0 Å². The quantitative estimate of drug-likeness (QED) is 0.741. The molecule has 3 atom stereocenters. The van der Waals surface area contributed by atoms with Crippen LogP contribution < -0.4 is 0 Å². The van der Waals surface area contributed by atoms with Crippen molar-refractivity contribution in [1.82, 2.24) is 4.90 Å². The van der Waals surface area contributed by atoms with Gasteiger partial charge in [-0.15, -0.1) is 0 Å². The van der Waals surface area contributed by atoms with Crippen LogP contribution >= 0.6 is 0 Å². The molecule has 5 heteroatoms. The molecular weight excluding hydrogens is 346 g/mol. The van der Waals surface area contributed by atoms with Gasteiger partial charge in [-0.05, 0) is 37.2 Å². The zero-order chi connectivity index (χ0) is 19.1. The number of rotatable bonds is 5. The molecule has 0 unspecified atom stereocenters. The van der Waals surface area contributed by atoms with Crippen LogP contribution in [0.3, 0.4) is 0 Å². The molecule has 0 bridgehead atoms. The lowest BCUT2D eigenvalue weighted by atomic mass is 10.1. The van der Waals surface area contributed by atoms with Gasteiger partial charge in [-0.3, -0.25) is 4.79 Å². The number of allylic oxidation sites excluding steroid dienone is 2. The van der Waals surface area contributed by atoms with E-state index in [4.69, 9.17) is 0 Å². The first kappa shape index (κ1) is 19.2. The minimum atomic E-state index is -3.04. The van der Waals surface area contributed by atoms with Crippen molar-refractivity contribution in [3.05, 3.63) is 47.5 Å². The molecule has 2 fully saturated rings. The van der Waals surface area contributed by atoms with Crippen molar-refractivity contribution in [2.24, 2.45) is 17.3 Å². The fourth-order valence-electron chi connectivity index (χ4n) is 4.19. The Morgan fingerprint density at radius 2 is 1.88 bits per heavy atom. The topological polar surface area (TPSA) is 54.5 Å². The Morgan fingerprint density at radius 1 is 1.23 bits per heavy atom. The summed E-state index contributed by atoms with van der Waals surface area (Å²) < 4.78 is 24.0. The van der Waals surface area contributed by atoms with Crippen LogP contribution in [0.5, 0.6) is 0 Å². The first-order valence-corrected chi connectivity index (χ1v) is 11.1. The van der Waals surface area contributed by atoms with E-state index in [1.54, 1.807) is 0 Å². The average Bonchev–Trinajstić information content (AvgIpc) is 2.89. The Kier molecular flexibility index (Phi) is 5.04. The van der Waals surface area contributed by atoms with E-state index in [2.05, 4.69) is 33.8 Å². The molecule has 0 N–H and O–H groups in total. The Hall–Kier alpha value is -1.62. The monoisotopic (exact) mass is 375 g/mol. The lowest BCUT2D eigenvalue weighted by Crippen LogP contribution is -2.42. The maximum atomic E-state index is 13.4. The number of carbonyl (C=O) groups is 1. The van der Waals surface area contributed by atoms with Crippen molar-refractivity contribution in [1.29, 1.82) is 0 Å². The zero-order valence-electron chi connectivity index (χ0n) is 16.1. The third-order valence-electron chi connectivity index (χ3n) is 5.82. The highest BCUT2D eigenvalue weighted by molar-refractivity contribution is 7.91. The number of benzene rings is 1. The molecule has 0 spiro atoms. The van der Waals surface area contributed by atoms with Gasteiger partial charge in [-0.25, -0.2) is 8.42 Å². The second-order valence-corrected chi connectivity index (χ2v) is 10.8. The Morgan fingerprint density at radius 3 is 2.42 bits per heavy atom. The van der Waals surface area contributed by atoms with E-state index in [0.717, 1.165) is 5.56 Å². The SMILES string of the molecule is CC(C)=C[C@@H]1[C@H](C(=O)N(Cc2ccccc2)[C@@H]2CCS(=O)(=O)C2)C1(C)C. The molecular formula is C21H29NO3S. The molecule has 2 aliphatic rings. The average molecular weight is 376 g/mol. The third kappa shape index (κ3) is 3.88. The van der Waals surface area contributed by atoms with Crippen molar-refractivity contribution in [3.8, 4) is 0 Å². The second kappa shape index (κ2) is 6.84. The number of hydrogen-bond acceptors (Lipinski definition) is 3. The standard InChI is InChI=1S/C21H29NO3S/c1-15(2)12-18-19(21(18,3)4)20(23)22(13-16-8-6-5-7-9-16)17-10-11-26(24,25)14-17/h5-9,12,17-19H,10-11,13-14H2,1-4H3/t17-,18-,19-/m1/s1. The smallest absolute Gasteiger partial charge is 0.227 e. The van der Waals surface area contributed by atoms with Crippen LogP contribution in [0.1, 0.15) is 39.7 Å². The molecule has 0 aromatic heterocycles. The molecule has 1 amide bonds. The first-order chi connectivity index (χ1) is 12.1. The molecule has 1 aliphatic heterocycles. The summed E-state index contributed by atoms with van der Waals surface area (Å²) in [4.78, 5) is 15.3. The molecule has 1 aromatic carbocycles. The van der Waals surface area contributed by atoms with Gasteiger partial charge in [-0.2, -0.15) is 0 Å². The first-order valence-electron chi connectivity index (χ1n) is 9.31. The molecule has 1 aromatic rings. The van der Waals surface area contributed by atoms with Gasteiger partial charge in [0.15, 0.2) is 9.84 Å². The second-order valence-electron chi connectivity index (χ2n) is 8.58. The summed E-state index contributed by atoms with van der Waals surface area (Å²) in [7, 11) is -3.04. The summed E-state index contributed by atoms with van der Waals surface area (Å²) in [5.74, 6) is 0.539. The van der Waals surface area contributed by atoms with Gasteiger partial charge in [0.05, 0.1) is 17.4 Å². The summed E-state index contributed by atoms with van der Waals surface area (Å²) in [6, 6.07) is 9.64. The van der Waals surface area contributed by atoms with Gasteiger partial charge in [0.2, 0.25) is 5.91 Å². The van der Waals surface area contributed by atoms with Crippen molar-refractivity contribution >= 4 is 15.7 Å². The fraction of sp³-hybridized carbons (Fsp3) is 0.571. The highest BCUT2D eigenvalue weighted by Gasteiger charge is 2.61. The summed E-state index contributed by atoms with van der Waals surface area (Å²) in [6.45, 7) is 8.86. The van der Waals surface area contributed by atoms with Gasteiger partial charge < -0.3 is 4.90 Å². The van der Waals surface area contributed by atoms with Crippen LogP contribution in [0.2, 0.25) is 0 Å². The van der Waals surface area contributed by atoms with Crippen molar-refractivity contribution in [2.45, 2.75) is 46.7 Å². The number of carbonyl (C=O) groups excluding carboxylic acids is 1. The summed E-state index contributed by atoms with van der Waals surface area (Å²) in [5, 5.41) is 0. The maximum absolute atomic E-state index is 13.4. The Bertz CT molecular complexity index is 807. The molecule has 1 saturated heterocycles. The molecule has 1 aliphatic carbocycles. The molecule has 1 saturated carbocycles. The Balaban J connectivity index is 1.86. The predicted molar refractivity (Wildman–Crippen MR) is 104 cm³/mol. The number of nitrogens with zero attached hydrogens (tertiary/aromatic N) is 1. The largest absolute Gasteiger partial charge is 0.334 e. The zero-order valence-corrected chi connectivity index (χ0v) is 16.9.